The van der Waals surface area contributed by atoms with Gasteiger partial charge in [-0.15, -0.1) is 0 Å². The second-order valence-electron chi connectivity index (χ2n) is 16.4. The van der Waals surface area contributed by atoms with Crippen molar-refractivity contribution < 1.29 is 101 Å². The predicted molar refractivity (Wildman–Crippen MR) is 261 cm³/mol. The average Bonchev–Trinajstić information content (AvgIpc) is 3.30. The molecule has 0 spiro atoms. The first kappa shape index (κ1) is 69.3. The fraction of sp³-hybridized carbons (Fsp3) is 0.320. The van der Waals surface area contributed by atoms with Crippen LogP contribution < -0.4 is 5.73 Å². The molecule has 0 aliphatic heterocycles. The summed E-state index contributed by atoms with van der Waals surface area (Å²) < 4.78 is 234. The molecule has 5 aromatic carbocycles. The number of halogens is 22. The van der Waals surface area contributed by atoms with Crippen molar-refractivity contribution in [2.24, 2.45) is 9.98 Å². The summed E-state index contributed by atoms with van der Waals surface area (Å²) in [4.78, 5) is 30.2. The third-order valence-electron chi connectivity index (χ3n) is 10.1. The molecule has 0 radical (unpaired) electrons. The topological polar surface area (TPSA) is 84.9 Å². The predicted octanol–water partition coefficient (Wildman–Crippen LogP) is 19.5. The Hall–Kier alpha value is -4.81. The summed E-state index contributed by atoms with van der Waals surface area (Å²) in [6, 6.07) is 17.1. The SMILES string of the molecule is CCC(=Nc1cc(C(F)(F)F)cc(C(F)(F)F)c1)C(CCc1ccc(C)cc1)=Nc1cc(C(F)(F)F)cc(C(F)(F)F)c1.CCC(=O)C(=O)CCc1ccc(C)cc1.Nc1cc(C(F)(F)F)cc(C(F)(F)F)c1.[Cl][Ti]([Cl])([Cl])[Cl]. The molecule has 0 saturated carbocycles. The maximum atomic E-state index is 13.4. The zero-order valence-corrected chi connectivity index (χ0v) is 45.2. The van der Waals surface area contributed by atoms with Gasteiger partial charge in [-0.2, -0.15) is 79.0 Å². The standard InChI is InChI=1S/C29H22F12N2.C13H16O2.C8H5F6N.4ClH.Ti/c1-3-24(42-22-12-18(26(30,31)32)10-19(13-22)27(33,34)35)25(9-8-17-6-4-16(2)5-7-17)43-23-14-20(28(36,37)38)11-21(15-23)29(39,40)41;1-3-12(14)13(15)9-8-11-6-4-10(2)5-7-11;9-7(10,11)4-1-5(8(12,13)14)3-6(15)2-4;;;;;/h4-7,10-15H,3,8-9H2,1-2H3;4-7H,3,8-9H2,1-2H3;1-3H,15H2;4*1H;/q;;;;;;;+4/p-4. The minimum atomic E-state index is -5.18. The summed E-state index contributed by atoms with van der Waals surface area (Å²) in [7, 11) is 20.1. The summed E-state index contributed by atoms with van der Waals surface area (Å²) >= 11 is -3.11. The van der Waals surface area contributed by atoms with Gasteiger partial charge in [0.15, 0.2) is 11.6 Å². The summed E-state index contributed by atoms with van der Waals surface area (Å²) in [5, 5.41) is 0. The number of carbonyl (C=O) groups excluding carboxylic acids is 2. The average molecular weight is 1250 g/mol. The number of hydrogen-bond acceptors (Lipinski definition) is 5. The molecule has 5 nitrogen and oxygen atoms in total. The van der Waals surface area contributed by atoms with E-state index in [1.165, 1.54) is 12.5 Å². The number of ketones is 2. The molecule has 0 aromatic heterocycles. The number of benzene rings is 5. The van der Waals surface area contributed by atoms with E-state index in [-0.39, 0.29) is 60.5 Å². The monoisotopic (exact) mass is 1250 g/mol. The van der Waals surface area contributed by atoms with E-state index in [1.54, 1.807) is 38.1 Å². The van der Waals surface area contributed by atoms with Gasteiger partial charge in [0.05, 0.1) is 56.2 Å². The fourth-order valence-corrected chi connectivity index (χ4v) is 6.28. The van der Waals surface area contributed by atoms with Gasteiger partial charge in [0.2, 0.25) is 0 Å². The van der Waals surface area contributed by atoms with Gasteiger partial charge in [0.25, 0.3) is 0 Å². The van der Waals surface area contributed by atoms with Crippen LogP contribution in [0.25, 0.3) is 0 Å². The molecule has 5 aromatic rings. The first-order valence-electron chi connectivity index (χ1n) is 22.1. The molecule has 28 heteroatoms. The first-order chi connectivity index (χ1) is 35.4. The van der Waals surface area contributed by atoms with Gasteiger partial charge >= 0.3 is 86.6 Å². The second kappa shape index (κ2) is 28.6. The molecule has 0 bridgehead atoms. The number of hydrogen-bond donors (Lipinski definition) is 1. The minimum absolute atomic E-state index is 0.0242. The van der Waals surface area contributed by atoms with Gasteiger partial charge < -0.3 is 5.73 Å². The molecule has 0 fully saturated rings. The van der Waals surface area contributed by atoms with E-state index in [9.17, 15) is 88.6 Å². The molecule has 0 aliphatic rings. The van der Waals surface area contributed by atoms with Crippen LogP contribution in [0.5, 0.6) is 0 Å². The number of carbonyl (C=O) groups is 2. The van der Waals surface area contributed by atoms with Crippen molar-refractivity contribution in [3.05, 3.63) is 159 Å². The zero-order valence-electron chi connectivity index (χ0n) is 40.7. The third kappa shape index (κ3) is 25.5. The Labute approximate surface area is 453 Å². The van der Waals surface area contributed by atoms with Crippen LogP contribution in [0.15, 0.2) is 113 Å². The molecule has 0 saturated heterocycles. The van der Waals surface area contributed by atoms with E-state index in [4.69, 9.17) is 43.0 Å². The van der Waals surface area contributed by atoms with Crippen LogP contribution in [0.1, 0.15) is 95.2 Å². The normalized spacial score (nSPS) is 12.8. The molecule has 428 valence electrons. The van der Waals surface area contributed by atoms with Crippen LogP contribution in [0.3, 0.4) is 0 Å². The van der Waals surface area contributed by atoms with E-state index in [1.807, 2.05) is 31.2 Å². The quantitative estimate of drug-likeness (QED) is 0.0444. The Balaban J connectivity index is 0.000000478. The van der Waals surface area contributed by atoms with Crippen LogP contribution in [-0.2, 0) is 71.8 Å². The van der Waals surface area contributed by atoms with Crippen LogP contribution in [0.2, 0.25) is 0 Å². The zero-order chi connectivity index (χ0) is 60.0. The van der Waals surface area contributed by atoms with Crippen molar-refractivity contribution in [1.29, 1.82) is 0 Å². The van der Waals surface area contributed by atoms with Crippen LogP contribution in [-0.4, -0.2) is 23.0 Å². The third-order valence-corrected chi connectivity index (χ3v) is 10.1. The summed E-state index contributed by atoms with van der Waals surface area (Å²) in [5.41, 5.74) is -3.16. The molecule has 0 amide bonds. The Morgan fingerprint density at radius 3 is 0.962 bits per heavy atom. The molecular weight excluding hydrogens is 1210 g/mol. The van der Waals surface area contributed by atoms with Gasteiger partial charge in [-0.3, -0.25) is 19.6 Å². The van der Waals surface area contributed by atoms with Gasteiger partial charge in [0.1, 0.15) is 0 Å². The Morgan fingerprint density at radius 1 is 0.423 bits per heavy atom. The van der Waals surface area contributed by atoms with Crippen LogP contribution in [0, 0.1) is 13.8 Å². The van der Waals surface area contributed by atoms with E-state index in [2.05, 4.69) is 9.98 Å². The molecule has 2 N–H and O–H groups in total. The second-order valence-corrected chi connectivity index (χ2v) is 31.9. The molecule has 78 heavy (non-hydrogen) atoms. The summed E-state index contributed by atoms with van der Waals surface area (Å²) in [6.45, 7) is 6.95. The molecule has 5 rings (SSSR count). The number of nitrogens with two attached hydrogens (primary N) is 1. The van der Waals surface area contributed by atoms with E-state index >= 15 is 0 Å². The van der Waals surface area contributed by atoms with Crippen LogP contribution in [0.4, 0.5) is 96.1 Å². The molecule has 0 heterocycles. The van der Waals surface area contributed by atoms with Crippen molar-refractivity contribution in [2.75, 3.05) is 5.73 Å². The van der Waals surface area contributed by atoms with Gasteiger partial charge in [-0.1, -0.05) is 73.5 Å². The van der Waals surface area contributed by atoms with Gasteiger partial charge in [-0.05, 0) is 105 Å². The molecular formula is C50H43Cl4F18N3O2Ti. The van der Waals surface area contributed by atoms with Crippen molar-refractivity contribution in [1.82, 2.24) is 0 Å². The van der Waals surface area contributed by atoms with E-state index in [0.717, 1.165) is 11.1 Å². The number of aryl methyl sites for hydroxylation is 4. The fourth-order valence-electron chi connectivity index (χ4n) is 6.28. The van der Waals surface area contributed by atoms with Gasteiger partial charge in [0, 0.05) is 18.5 Å². The number of alkyl halides is 18. The maximum absolute atomic E-state index is 13.4. The number of nitrogen functional groups attached to an aromatic ring is 1. The van der Waals surface area contributed by atoms with Crippen molar-refractivity contribution in [2.45, 2.75) is 103 Å². The van der Waals surface area contributed by atoms with Crippen molar-refractivity contribution >= 4 is 77.3 Å². The van der Waals surface area contributed by atoms with Crippen LogP contribution >= 0.6 is 37.2 Å². The number of aliphatic imine (C=N–C) groups is 2. The number of nitrogens with zero attached hydrogens (tertiary/aromatic N) is 2. The van der Waals surface area contributed by atoms with Crippen molar-refractivity contribution in [3.63, 3.8) is 0 Å². The molecule has 0 aliphatic carbocycles. The summed E-state index contributed by atoms with van der Waals surface area (Å²) in [6.07, 6.45) is -29.3. The Kier molecular flexibility index (Phi) is 25.4. The first-order valence-corrected chi connectivity index (χ1v) is 30.7. The number of rotatable bonds is 12. The molecule has 0 atom stereocenters. The van der Waals surface area contributed by atoms with E-state index < -0.39 is 99.8 Å². The van der Waals surface area contributed by atoms with Crippen molar-refractivity contribution in [3.8, 4) is 0 Å². The number of Topliss-reactive ketones (excluding diaryl/α,β-unsaturated/α-hetero) is 2. The Bertz CT molecular complexity index is 2750. The van der Waals surface area contributed by atoms with E-state index in [0.29, 0.717) is 61.2 Å². The Morgan fingerprint density at radius 2 is 0.692 bits per heavy atom. The molecule has 0 unspecified atom stereocenters. The number of anilines is 1. The summed E-state index contributed by atoms with van der Waals surface area (Å²) in [5.74, 6) is -0.514. The van der Waals surface area contributed by atoms with Gasteiger partial charge in [-0.25, -0.2) is 0 Å².